The topological polar surface area (TPSA) is 107 Å². The molecule has 2 amide bonds. The highest BCUT2D eigenvalue weighted by molar-refractivity contribution is 6.35. The van der Waals surface area contributed by atoms with Gasteiger partial charge in [-0.05, 0) is 48.5 Å². The maximum Gasteiger partial charge on any atom is 0.262 e. The summed E-state index contributed by atoms with van der Waals surface area (Å²) in [5.41, 5.74) is 1.66. The number of carbonyl (C=O) groups is 2. The van der Waals surface area contributed by atoms with Crippen LogP contribution in [-0.2, 0) is 16.1 Å². The smallest absolute Gasteiger partial charge is 0.262 e. The Morgan fingerprint density at radius 1 is 1.03 bits per heavy atom. The summed E-state index contributed by atoms with van der Waals surface area (Å²) in [6.07, 6.45) is 4.65. The van der Waals surface area contributed by atoms with E-state index in [0.717, 1.165) is 5.39 Å². The Morgan fingerprint density at radius 2 is 1.82 bits per heavy atom. The van der Waals surface area contributed by atoms with E-state index in [1.807, 2.05) is 6.07 Å². The van der Waals surface area contributed by atoms with Gasteiger partial charge in [-0.1, -0.05) is 11.6 Å². The summed E-state index contributed by atoms with van der Waals surface area (Å²) < 4.78 is 12.1. The third-order valence-electron chi connectivity index (χ3n) is 4.63. The van der Waals surface area contributed by atoms with Crippen molar-refractivity contribution >= 4 is 45.7 Å². The summed E-state index contributed by atoms with van der Waals surface area (Å²) in [7, 11) is 1.57. The highest BCUT2D eigenvalue weighted by atomic mass is 35.5. The highest BCUT2D eigenvalue weighted by Gasteiger charge is 2.11. The number of pyridine rings is 1. The van der Waals surface area contributed by atoms with E-state index in [9.17, 15) is 9.59 Å². The van der Waals surface area contributed by atoms with E-state index in [4.69, 9.17) is 21.1 Å². The van der Waals surface area contributed by atoms with Gasteiger partial charge < -0.3 is 20.1 Å². The van der Waals surface area contributed by atoms with Crippen molar-refractivity contribution in [2.45, 2.75) is 6.54 Å². The molecular weight excluding hydrogens is 446 g/mol. The first kappa shape index (κ1) is 22.1. The van der Waals surface area contributed by atoms with Gasteiger partial charge in [0.2, 0.25) is 5.91 Å². The Labute approximate surface area is 194 Å². The third kappa shape index (κ3) is 5.58. The fourth-order valence-electron chi connectivity index (χ4n) is 3.11. The predicted molar refractivity (Wildman–Crippen MR) is 125 cm³/mol. The van der Waals surface area contributed by atoms with Crippen molar-refractivity contribution in [2.75, 3.05) is 24.4 Å². The van der Waals surface area contributed by atoms with E-state index in [2.05, 4.69) is 20.7 Å². The number of anilines is 2. The summed E-state index contributed by atoms with van der Waals surface area (Å²) in [5.74, 6) is 0.517. The monoisotopic (exact) mass is 465 g/mol. The number of hydrogen-bond acceptors (Lipinski definition) is 6. The molecule has 0 spiro atoms. The molecule has 0 fully saturated rings. The molecule has 0 aliphatic rings. The van der Waals surface area contributed by atoms with Gasteiger partial charge in [0.05, 0.1) is 24.0 Å². The SMILES string of the molecule is COc1ccc(NC(=O)Cn2cc(NC(=O)COc3ccc(Cl)c4cccnc34)cn2)cc1. The molecule has 4 aromatic rings. The molecule has 0 saturated carbocycles. The molecule has 0 saturated heterocycles. The fraction of sp³-hybridized carbons (Fsp3) is 0.130. The molecule has 2 aromatic carbocycles. The Bertz CT molecular complexity index is 1290. The van der Waals surface area contributed by atoms with E-state index in [0.29, 0.717) is 33.4 Å². The Balaban J connectivity index is 1.30. The van der Waals surface area contributed by atoms with Crippen LogP contribution >= 0.6 is 11.6 Å². The molecule has 0 atom stereocenters. The second-order valence-corrected chi connectivity index (χ2v) is 7.39. The standard InChI is InChI=1S/C23H20ClN5O4/c1-32-17-6-4-15(5-7-17)27-21(30)13-29-12-16(11-26-29)28-22(31)14-33-20-9-8-19(24)18-3-2-10-25-23(18)20/h2-12H,13-14H2,1H3,(H,27,30)(H,28,31). The van der Waals surface area contributed by atoms with Gasteiger partial charge >= 0.3 is 0 Å². The van der Waals surface area contributed by atoms with Crippen LogP contribution in [0.3, 0.4) is 0 Å². The normalized spacial score (nSPS) is 10.6. The highest BCUT2D eigenvalue weighted by Crippen LogP contribution is 2.29. The first-order chi connectivity index (χ1) is 16.0. The molecule has 2 aromatic heterocycles. The average Bonchev–Trinajstić information content (AvgIpc) is 3.25. The maximum atomic E-state index is 12.3. The molecule has 2 N–H and O–H groups in total. The molecular formula is C23H20ClN5O4. The van der Waals surface area contributed by atoms with E-state index in [1.165, 1.54) is 10.9 Å². The number of fused-ring (bicyclic) bond motifs is 1. The quantitative estimate of drug-likeness (QED) is 0.410. The van der Waals surface area contributed by atoms with Crippen molar-refractivity contribution in [3.05, 3.63) is 72.1 Å². The number of amides is 2. The van der Waals surface area contributed by atoms with Crippen LogP contribution in [-0.4, -0.2) is 40.3 Å². The number of halogens is 1. The van der Waals surface area contributed by atoms with Gasteiger partial charge in [-0.25, -0.2) is 0 Å². The number of rotatable bonds is 8. The van der Waals surface area contributed by atoms with Crippen LogP contribution < -0.4 is 20.1 Å². The van der Waals surface area contributed by atoms with Crippen LogP contribution in [0.15, 0.2) is 67.1 Å². The lowest BCUT2D eigenvalue weighted by Crippen LogP contribution is -2.20. The molecule has 9 nitrogen and oxygen atoms in total. The largest absolute Gasteiger partial charge is 0.497 e. The van der Waals surface area contributed by atoms with Crippen LogP contribution in [0.25, 0.3) is 10.9 Å². The second-order valence-electron chi connectivity index (χ2n) is 6.99. The molecule has 10 heteroatoms. The summed E-state index contributed by atoms with van der Waals surface area (Å²) in [4.78, 5) is 28.8. The zero-order valence-corrected chi connectivity index (χ0v) is 18.4. The summed E-state index contributed by atoms with van der Waals surface area (Å²) >= 11 is 6.18. The number of ether oxygens (including phenoxy) is 2. The van der Waals surface area contributed by atoms with Gasteiger partial charge in [0, 0.05) is 23.5 Å². The van der Waals surface area contributed by atoms with Crippen LogP contribution in [0.4, 0.5) is 11.4 Å². The van der Waals surface area contributed by atoms with Crippen molar-refractivity contribution in [3.8, 4) is 11.5 Å². The lowest BCUT2D eigenvalue weighted by molar-refractivity contribution is -0.118. The van der Waals surface area contributed by atoms with Gasteiger partial charge in [-0.15, -0.1) is 0 Å². The lowest BCUT2D eigenvalue weighted by atomic mass is 10.2. The number of hydrogen-bond donors (Lipinski definition) is 2. The van der Waals surface area contributed by atoms with E-state index < -0.39 is 0 Å². The van der Waals surface area contributed by atoms with Crippen molar-refractivity contribution in [1.29, 1.82) is 0 Å². The summed E-state index contributed by atoms with van der Waals surface area (Å²) in [6.45, 7) is -0.239. The minimum Gasteiger partial charge on any atom is -0.497 e. The fourth-order valence-corrected chi connectivity index (χ4v) is 3.32. The van der Waals surface area contributed by atoms with Gasteiger partial charge in [-0.3, -0.25) is 19.3 Å². The first-order valence-electron chi connectivity index (χ1n) is 9.94. The summed E-state index contributed by atoms with van der Waals surface area (Å²) in [6, 6.07) is 14.0. The molecule has 0 bridgehead atoms. The Morgan fingerprint density at radius 3 is 2.61 bits per heavy atom. The van der Waals surface area contributed by atoms with Gasteiger partial charge in [0.15, 0.2) is 6.61 Å². The number of methoxy groups -OCH3 is 1. The van der Waals surface area contributed by atoms with Crippen molar-refractivity contribution < 1.29 is 19.1 Å². The van der Waals surface area contributed by atoms with E-state index in [-0.39, 0.29) is 25.0 Å². The van der Waals surface area contributed by atoms with Crippen LogP contribution in [0.2, 0.25) is 5.02 Å². The average molecular weight is 466 g/mol. The van der Waals surface area contributed by atoms with Crippen molar-refractivity contribution in [1.82, 2.24) is 14.8 Å². The van der Waals surface area contributed by atoms with E-state index in [1.54, 1.807) is 62.0 Å². The predicted octanol–water partition coefficient (Wildman–Crippen LogP) is 3.75. The molecule has 168 valence electrons. The second kappa shape index (κ2) is 10.0. The number of benzene rings is 2. The zero-order valence-electron chi connectivity index (χ0n) is 17.6. The minimum atomic E-state index is -0.378. The van der Waals surface area contributed by atoms with Crippen molar-refractivity contribution in [2.24, 2.45) is 0 Å². The summed E-state index contributed by atoms with van der Waals surface area (Å²) in [5, 5.41) is 10.9. The third-order valence-corrected chi connectivity index (χ3v) is 4.96. The molecule has 0 radical (unpaired) electrons. The van der Waals surface area contributed by atoms with Crippen molar-refractivity contribution in [3.63, 3.8) is 0 Å². The van der Waals surface area contributed by atoms with Gasteiger partial charge in [0.1, 0.15) is 23.6 Å². The van der Waals surface area contributed by atoms with Gasteiger partial charge in [0.25, 0.3) is 5.91 Å². The molecule has 0 aliphatic carbocycles. The number of nitrogens with one attached hydrogen (secondary N) is 2. The molecule has 0 aliphatic heterocycles. The first-order valence-corrected chi connectivity index (χ1v) is 10.3. The minimum absolute atomic E-state index is 0.0131. The van der Waals surface area contributed by atoms with Crippen LogP contribution in [0, 0.1) is 0 Å². The molecule has 33 heavy (non-hydrogen) atoms. The number of carbonyl (C=O) groups excluding carboxylic acids is 2. The maximum absolute atomic E-state index is 12.3. The molecule has 4 rings (SSSR count). The van der Waals surface area contributed by atoms with E-state index >= 15 is 0 Å². The lowest BCUT2D eigenvalue weighted by Gasteiger charge is -2.09. The molecule has 2 heterocycles. The Hall–Kier alpha value is -4.11. The number of nitrogens with zero attached hydrogens (tertiary/aromatic N) is 3. The van der Waals surface area contributed by atoms with Crippen LogP contribution in [0.1, 0.15) is 0 Å². The zero-order chi connectivity index (χ0) is 23.2. The molecule has 0 unspecified atom stereocenters. The Kier molecular flexibility index (Phi) is 6.70. The van der Waals surface area contributed by atoms with Crippen LogP contribution in [0.5, 0.6) is 11.5 Å². The van der Waals surface area contributed by atoms with Gasteiger partial charge in [-0.2, -0.15) is 5.10 Å². The number of aromatic nitrogens is 3.